The van der Waals surface area contributed by atoms with E-state index in [0.29, 0.717) is 6.54 Å². The molecule has 0 aromatic carbocycles. The molecule has 2 spiro atoms. The molecule has 5 aromatic heterocycles. The summed E-state index contributed by atoms with van der Waals surface area (Å²) in [5.41, 5.74) is 2.63. The maximum absolute atomic E-state index is 13.0. The summed E-state index contributed by atoms with van der Waals surface area (Å²) < 4.78 is 5.26. The zero-order valence-corrected chi connectivity index (χ0v) is 28.4. The van der Waals surface area contributed by atoms with E-state index in [-0.39, 0.29) is 29.7 Å². The van der Waals surface area contributed by atoms with Crippen LogP contribution < -0.4 is 9.80 Å². The summed E-state index contributed by atoms with van der Waals surface area (Å²) in [6.07, 6.45) is 10.8. The number of nitrogens with zero attached hydrogens (tertiary/aromatic N) is 8. The Morgan fingerprint density at radius 3 is 1.94 bits per heavy atom. The van der Waals surface area contributed by atoms with Crippen LogP contribution in [0.15, 0.2) is 48.6 Å². The van der Waals surface area contributed by atoms with Gasteiger partial charge in [0.2, 0.25) is 0 Å². The molecule has 0 bridgehead atoms. The van der Waals surface area contributed by atoms with Crippen molar-refractivity contribution < 1.29 is 14.3 Å². The number of rotatable bonds is 4. The van der Waals surface area contributed by atoms with E-state index in [9.17, 15) is 9.59 Å². The summed E-state index contributed by atoms with van der Waals surface area (Å²) in [4.78, 5) is 58.6. The SMILES string of the molecule is CC#CCOC(=O)N1CCN(c2ncnc3[nH]ccc23)CC12CC2.Cc1ccsc1C(=O)N1CCN(c2ncnc3[nH]ccc23)CC12CC2. The summed E-state index contributed by atoms with van der Waals surface area (Å²) >= 11 is 1.55. The predicted molar refractivity (Wildman–Crippen MR) is 188 cm³/mol. The van der Waals surface area contributed by atoms with Gasteiger partial charge in [0.15, 0.2) is 6.61 Å². The smallest absolute Gasteiger partial charge is 0.411 e. The van der Waals surface area contributed by atoms with Gasteiger partial charge >= 0.3 is 6.09 Å². The minimum atomic E-state index is -0.260. The van der Waals surface area contributed by atoms with Crippen molar-refractivity contribution in [2.45, 2.75) is 50.6 Å². The average Bonchev–Trinajstić information content (AvgIpc) is 3.79. The quantitative estimate of drug-likeness (QED) is 0.261. The fraction of sp³-hybridized carbons (Fsp3) is 0.429. The average molecular weight is 679 g/mol. The Bertz CT molecular complexity index is 2080. The molecule has 49 heavy (non-hydrogen) atoms. The molecule has 2 saturated carbocycles. The number of hydrogen-bond donors (Lipinski definition) is 2. The molecule has 9 rings (SSSR count). The second-order valence-electron chi connectivity index (χ2n) is 13.2. The Kier molecular flexibility index (Phi) is 7.86. The number of nitrogens with one attached hydrogen (secondary N) is 2. The molecule has 2 N–H and O–H groups in total. The second-order valence-corrected chi connectivity index (χ2v) is 14.1. The number of piperazine rings is 2. The maximum Gasteiger partial charge on any atom is 0.411 e. The molecule has 2 amide bonds. The highest BCUT2D eigenvalue weighted by Gasteiger charge is 2.55. The molecule has 0 atom stereocenters. The molecule has 7 heterocycles. The molecule has 0 unspecified atom stereocenters. The molecule has 5 aromatic rings. The van der Waals surface area contributed by atoms with Crippen molar-refractivity contribution in [1.29, 1.82) is 0 Å². The topological polar surface area (TPSA) is 139 Å². The zero-order valence-electron chi connectivity index (χ0n) is 27.6. The number of carbonyl (C=O) groups is 2. The van der Waals surface area contributed by atoms with Gasteiger partial charge in [-0.1, -0.05) is 5.92 Å². The van der Waals surface area contributed by atoms with Gasteiger partial charge in [0.05, 0.1) is 26.7 Å². The van der Waals surface area contributed by atoms with E-state index in [4.69, 9.17) is 4.74 Å². The van der Waals surface area contributed by atoms with E-state index in [2.05, 4.69) is 56.4 Å². The lowest BCUT2D eigenvalue weighted by atomic mass is 10.1. The summed E-state index contributed by atoms with van der Waals surface area (Å²) in [7, 11) is 0. The van der Waals surface area contributed by atoms with E-state index in [1.807, 2.05) is 47.8 Å². The van der Waals surface area contributed by atoms with Crippen LogP contribution in [-0.4, -0.2) is 109 Å². The van der Waals surface area contributed by atoms with Gasteiger partial charge in [-0.05, 0) is 68.7 Å². The fourth-order valence-electron chi connectivity index (χ4n) is 7.25. The number of anilines is 2. The zero-order chi connectivity index (χ0) is 33.6. The molecule has 2 aliphatic carbocycles. The van der Waals surface area contributed by atoms with E-state index in [1.165, 1.54) is 0 Å². The maximum atomic E-state index is 13.0. The van der Waals surface area contributed by atoms with Gasteiger partial charge in [0.1, 0.15) is 35.6 Å². The van der Waals surface area contributed by atoms with Crippen LogP contribution in [0.2, 0.25) is 0 Å². The molecule has 14 heteroatoms. The van der Waals surface area contributed by atoms with Crippen LogP contribution in [0.25, 0.3) is 22.1 Å². The summed E-state index contributed by atoms with van der Waals surface area (Å²) in [6.45, 7) is 8.44. The minimum absolute atomic E-state index is 0.0284. The third-order valence-corrected chi connectivity index (χ3v) is 11.2. The van der Waals surface area contributed by atoms with Gasteiger partial charge in [-0.25, -0.2) is 24.7 Å². The number of aromatic amines is 2. The van der Waals surface area contributed by atoms with Crippen LogP contribution >= 0.6 is 11.3 Å². The van der Waals surface area contributed by atoms with Gasteiger partial charge in [-0.3, -0.25) is 9.69 Å². The molecule has 4 aliphatic rings. The largest absolute Gasteiger partial charge is 0.436 e. The van der Waals surface area contributed by atoms with Crippen molar-refractivity contribution in [2.24, 2.45) is 0 Å². The number of carbonyl (C=O) groups excluding carboxylic acids is 2. The highest BCUT2D eigenvalue weighted by atomic mass is 32.1. The fourth-order valence-corrected chi connectivity index (χ4v) is 8.12. The summed E-state index contributed by atoms with van der Waals surface area (Å²) in [5, 5.41) is 4.07. The normalized spacial score (nSPS) is 18.7. The Hall–Kier alpha value is -5.16. The van der Waals surface area contributed by atoms with Crippen molar-refractivity contribution in [3.05, 3.63) is 59.1 Å². The number of ether oxygens (including phenoxy) is 1. The number of fused-ring (bicyclic) bond motifs is 2. The molecule has 252 valence electrons. The van der Waals surface area contributed by atoms with Crippen LogP contribution in [0, 0.1) is 18.8 Å². The monoisotopic (exact) mass is 678 g/mol. The highest BCUT2D eigenvalue weighted by Crippen LogP contribution is 2.47. The van der Waals surface area contributed by atoms with Crippen LogP contribution in [0.1, 0.15) is 47.8 Å². The van der Waals surface area contributed by atoms with Crippen molar-refractivity contribution in [3.63, 3.8) is 0 Å². The number of aryl methyl sites for hydroxylation is 1. The Morgan fingerprint density at radius 2 is 1.41 bits per heavy atom. The van der Waals surface area contributed by atoms with Gasteiger partial charge in [0, 0.05) is 51.7 Å². The molecule has 2 aliphatic heterocycles. The van der Waals surface area contributed by atoms with Gasteiger partial charge in [0.25, 0.3) is 5.91 Å². The van der Waals surface area contributed by atoms with E-state index < -0.39 is 0 Å². The van der Waals surface area contributed by atoms with Crippen molar-refractivity contribution >= 4 is 57.0 Å². The van der Waals surface area contributed by atoms with Crippen molar-refractivity contribution in [2.75, 3.05) is 55.7 Å². The van der Waals surface area contributed by atoms with Crippen LogP contribution in [0.4, 0.5) is 16.4 Å². The van der Waals surface area contributed by atoms with Gasteiger partial charge in [-0.15, -0.1) is 17.3 Å². The molecular weight excluding hydrogens is 641 g/mol. The summed E-state index contributed by atoms with van der Waals surface area (Å²) in [6, 6.07) is 6.04. The Morgan fingerprint density at radius 1 is 0.837 bits per heavy atom. The number of H-pyrrole nitrogens is 2. The molecule has 4 fully saturated rings. The van der Waals surface area contributed by atoms with Crippen molar-refractivity contribution in [3.8, 4) is 11.8 Å². The molecular formula is C35H38N10O3S. The van der Waals surface area contributed by atoms with E-state index >= 15 is 0 Å². The number of thiophene rings is 1. The standard InChI is InChI=1S/C18H19N5OS.C17H19N5O2/c1-12-3-9-25-14(12)17(24)23-8-7-22(10-18(23)4-5-18)16-13-2-6-19-15(13)20-11-21-16;1-2-3-10-24-16(23)22-9-8-21(11-17(22)5-6-17)15-13-4-7-18-14(13)19-12-20-15/h2-3,6,9,11H,4-5,7-8,10H2,1H3,(H,19,20,21);4,7,12H,5-6,8-11H2,1H3,(H,18,19,20). The molecule has 0 radical (unpaired) electrons. The first-order valence-electron chi connectivity index (χ1n) is 16.7. The minimum Gasteiger partial charge on any atom is -0.436 e. The van der Waals surface area contributed by atoms with E-state index in [0.717, 1.165) is 103 Å². The van der Waals surface area contributed by atoms with Crippen LogP contribution in [-0.2, 0) is 4.74 Å². The van der Waals surface area contributed by atoms with E-state index in [1.54, 1.807) is 30.9 Å². The first kappa shape index (κ1) is 31.1. The van der Waals surface area contributed by atoms with Crippen molar-refractivity contribution in [1.82, 2.24) is 39.7 Å². The first-order chi connectivity index (χ1) is 23.9. The molecule has 13 nitrogen and oxygen atoms in total. The first-order valence-corrected chi connectivity index (χ1v) is 17.6. The third kappa shape index (κ3) is 5.71. The Labute approximate surface area is 287 Å². The number of hydrogen-bond acceptors (Lipinski definition) is 10. The van der Waals surface area contributed by atoms with Gasteiger partial charge in [-0.2, -0.15) is 0 Å². The molecule has 2 saturated heterocycles. The third-order valence-electron chi connectivity index (χ3n) is 10.2. The summed E-state index contributed by atoms with van der Waals surface area (Å²) in [5.74, 6) is 7.59. The number of amides is 2. The van der Waals surface area contributed by atoms with Gasteiger partial charge < -0.3 is 29.4 Å². The lowest BCUT2D eigenvalue weighted by Crippen LogP contribution is -2.57. The van der Waals surface area contributed by atoms with Crippen LogP contribution in [0.3, 0.4) is 0 Å². The highest BCUT2D eigenvalue weighted by molar-refractivity contribution is 7.12. The Balaban J connectivity index is 0.000000142. The van der Waals surface area contributed by atoms with Crippen LogP contribution in [0.5, 0.6) is 0 Å². The number of aromatic nitrogens is 6. The predicted octanol–water partition coefficient (Wildman–Crippen LogP) is 4.60. The lowest BCUT2D eigenvalue weighted by molar-refractivity contribution is 0.0628. The lowest BCUT2D eigenvalue weighted by Gasteiger charge is -2.42. The second kappa shape index (κ2) is 12.4.